The summed E-state index contributed by atoms with van der Waals surface area (Å²) in [7, 11) is 0. The van der Waals surface area contributed by atoms with Crippen LogP contribution in [0.25, 0.3) is 0 Å². The standard InChI is InChI=1S/C18H19Cl2N3O3/c19-13-6-5-12(15(20)9-13)10-21-18(25)22-14-3-1-7-23(11-14)17(24)16-4-2-8-26-16/h2,4-6,8-9,14H,1,3,7,10-11H2,(H2,21,22,25). The van der Waals surface area contributed by atoms with E-state index in [2.05, 4.69) is 10.6 Å². The molecule has 26 heavy (non-hydrogen) atoms. The molecule has 1 fully saturated rings. The number of nitrogens with one attached hydrogen (secondary N) is 2. The zero-order valence-electron chi connectivity index (χ0n) is 14.0. The van der Waals surface area contributed by atoms with Gasteiger partial charge in [-0.1, -0.05) is 29.3 Å². The molecule has 1 saturated heterocycles. The molecular formula is C18H19Cl2N3O3. The number of rotatable bonds is 4. The molecule has 1 aliphatic rings. The van der Waals surface area contributed by atoms with E-state index >= 15 is 0 Å². The third-order valence-corrected chi connectivity index (χ3v) is 4.82. The number of likely N-dealkylation sites (tertiary alicyclic amines) is 1. The highest BCUT2D eigenvalue weighted by atomic mass is 35.5. The number of halogens is 2. The van der Waals surface area contributed by atoms with E-state index in [0.717, 1.165) is 18.4 Å². The van der Waals surface area contributed by atoms with E-state index in [0.29, 0.717) is 35.4 Å². The molecule has 138 valence electrons. The number of furan rings is 1. The van der Waals surface area contributed by atoms with Crippen molar-refractivity contribution in [1.29, 1.82) is 0 Å². The topological polar surface area (TPSA) is 74.6 Å². The first-order valence-electron chi connectivity index (χ1n) is 8.34. The maximum absolute atomic E-state index is 12.3. The predicted octanol–water partition coefficient (Wildman–Crippen LogP) is 3.69. The highest BCUT2D eigenvalue weighted by Crippen LogP contribution is 2.20. The van der Waals surface area contributed by atoms with Gasteiger partial charge in [-0.15, -0.1) is 0 Å². The second kappa shape index (κ2) is 8.47. The SMILES string of the molecule is O=C(NCc1ccc(Cl)cc1Cl)NC1CCCN(C(=O)c2ccco2)C1. The quantitative estimate of drug-likeness (QED) is 0.828. The van der Waals surface area contributed by atoms with Gasteiger partial charge in [0.1, 0.15) is 0 Å². The van der Waals surface area contributed by atoms with Gasteiger partial charge in [-0.05, 0) is 42.7 Å². The number of piperidine rings is 1. The molecule has 3 amide bonds. The Morgan fingerprint density at radius 2 is 2.12 bits per heavy atom. The molecule has 3 rings (SSSR count). The zero-order chi connectivity index (χ0) is 18.5. The minimum Gasteiger partial charge on any atom is -0.459 e. The van der Waals surface area contributed by atoms with Crippen molar-refractivity contribution in [2.45, 2.75) is 25.4 Å². The molecule has 0 saturated carbocycles. The lowest BCUT2D eigenvalue weighted by atomic mass is 10.1. The van der Waals surface area contributed by atoms with Crippen LogP contribution in [-0.4, -0.2) is 36.0 Å². The highest BCUT2D eigenvalue weighted by Gasteiger charge is 2.26. The van der Waals surface area contributed by atoms with Gasteiger partial charge in [0, 0.05) is 35.7 Å². The van der Waals surface area contributed by atoms with Crippen LogP contribution in [0.4, 0.5) is 4.79 Å². The molecular weight excluding hydrogens is 377 g/mol. The van der Waals surface area contributed by atoms with Crippen LogP contribution in [0.3, 0.4) is 0 Å². The minimum absolute atomic E-state index is 0.108. The van der Waals surface area contributed by atoms with Crippen molar-refractivity contribution in [2.24, 2.45) is 0 Å². The maximum Gasteiger partial charge on any atom is 0.315 e. The van der Waals surface area contributed by atoms with Crippen LogP contribution < -0.4 is 10.6 Å². The number of hydrogen-bond donors (Lipinski definition) is 2. The molecule has 0 spiro atoms. The molecule has 6 nitrogen and oxygen atoms in total. The van der Waals surface area contributed by atoms with Crippen molar-refractivity contribution in [3.8, 4) is 0 Å². The summed E-state index contributed by atoms with van der Waals surface area (Å²) in [6, 6.07) is 8.05. The molecule has 2 N–H and O–H groups in total. The van der Waals surface area contributed by atoms with Crippen molar-refractivity contribution in [2.75, 3.05) is 13.1 Å². The molecule has 0 bridgehead atoms. The van der Waals surface area contributed by atoms with E-state index in [9.17, 15) is 9.59 Å². The van der Waals surface area contributed by atoms with E-state index in [4.69, 9.17) is 27.6 Å². The minimum atomic E-state index is -0.298. The zero-order valence-corrected chi connectivity index (χ0v) is 15.5. The Balaban J connectivity index is 1.50. The number of nitrogens with zero attached hydrogens (tertiary/aromatic N) is 1. The number of urea groups is 1. The summed E-state index contributed by atoms with van der Waals surface area (Å²) in [5.41, 5.74) is 0.782. The van der Waals surface area contributed by atoms with Crippen molar-refractivity contribution < 1.29 is 14.0 Å². The molecule has 1 atom stereocenters. The number of hydrogen-bond acceptors (Lipinski definition) is 3. The monoisotopic (exact) mass is 395 g/mol. The van der Waals surface area contributed by atoms with Crippen molar-refractivity contribution in [3.05, 3.63) is 58.0 Å². The lowest BCUT2D eigenvalue weighted by molar-refractivity contribution is 0.0665. The molecule has 1 aromatic carbocycles. The Morgan fingerprint density at radius 1 is 1.27 bits per heavy atom. The molecule has 0 aliphatic carbocycles. The number of carbonyl (C=O) groups excluding carboxylic acids is 2. The van der Waals surface area contributed by atoms with Gasteiger partial charge in [-0.2, -0.15) is 0 Å². The molecule has 2 aromatic rings. The van der Waals surface area contributed by atoms with E-state index in [1.54, 1.807) is 35.2 Å². The van der Waals surface area contributed by atoms with E-state index in [-0.39, 0.29) is 18.0 Å². The smallest absolute Gasteiger partial charge is 0.315 e. The highest BCUT2D eigenvalue weighted by molar-refractivity contribution is 6.35. The lowest BCUT2D eigenvalue weighted by Gasteiger charge is -2.32. The van der Waals surface area contributed by atoms with Crippen LogP contribution in [0.2, 0.25) is 10.0 Å². The van der Waals surface area contributed by atoms with E-state index < -0.39 is 0 Å². The van der Waals surface area contributed by atoms with Crippen LogP contribution in [-0.2, 0) is 6.54 Å². The van der Waals surface area contributed by atoms with Gasteiger partial charge < -0.3 is 20.0 Å². The van der Waals surface area contributed by atoms with Gasteiger partial charge in [0.05, 0.1) is 6.26 Å². The Labute approximate surface area is 161 Å². The first-order chi connectivity index (χ1) is 12.5. The Hall–Kier alpha value is -2.18. The largest absolute Gasteiger partial charge is 0.459 e. The second-order valence-electron chi connectivity index (χ2n) is 6.13. The fraction of sp³-hybridized carbons (Fsp3) is 0.333. The predicted molar refractivity (Wildman–Crippen MR) is 99.5 cm³/mol. The lowest BCUT2D eigenvalue weighted by Crippen LogP contribution is -2.51. The summed E-state index contributed by atoms with van der Waals surface area (Å²) < 4.78 is 5.16. The normalized spacial score (nSPS) is 17.0. The van der Waals surface area contributed by atoms with Crippen LogP contribution >= 0.6 is 23.2 Å². The molecule has 1 aromatic heterocycles. The maximum atomic E-state index is 12.3. The molecule has 8 heteroatoms. The first kappa shape index (κ1) is 18.6. The average Bonchev–Trinajstić information content (AvgIpc) is 3.15. The third kappa shape index (κ3) is 4.71. The molecule has 1 unspecified atom stereocenters. The number of amides is 3. The first-order valence-corrected chi connectivity index (χ1v) is 9.09. The van der Waals surface area contributed by atoms with E-state index in [1.807, 2.05) is 0 Å². The van der Waals surface area contributed by atoms with E-state index in [1.165, 1.54) is 6.26 Å². The van der Waals surface area contributed by atoms with Crippen molar-refractivity contribution in [3.63, 3.8) is 0 Å². The van der Waals surface area contributed by atoms with Crippen LogP contribution in [0.1, 0.15) is 29.0 Å². The summed E-state index contributed by atoms with van der Waals surface area (Å²) in [5, 5.41) is 6.74. The fourth-order valence-corrected chi connectivity index (χ4v) is 3.39. The summed E-state index contributed by atoms with van der Waals surface area (Å²) >= 11 is 12.0. The molecule has 0 radical (unpaired) electrons. The number of carbonyl (C=O) groups is 2. The Morgan fingerprint density at radius 3 is 2.85 bits per heavy atom. The summed E-state index contributed by atoms with van der Waals surface area (Å²) in [6.07, 6.45) is 3.11. The van der Waals surface area contributed by atoms with Crippen LogP contribution in [0.5, 0.6) is 0 Å². The van der Waals surface area contributed by atoms with Gasteiger partial charge in [-0.25, -0.2) is 4.79 Å². The summed E-state index contributed by atoms with van der Waals surface area (Å²) in [6.45, 7) is 1.40. The Bertz CT molecular complexity index is 780. The third-order valence-electron chi connectivity index (χ3n) is 4.23. The summed E-state index contributed by atoms with van der Waals surface area (Å²) in [5.74, 6) is 0.155. The second-order valence-corrected chi connectivity index (χ2v) is 6.97. The van der Waals surface area contributed by atoms with Gasteiger partial charge in [0.25, 0.3) is 5.91 Å². The molecule has 2 heterocycles. The fourth-order valence-electron chi connectivity index (χ4n) is 2.91. The van der Waals surface area contributed by atoms with Crippen LogP contribution in [0, 0.1) is 0 Å². The summed E-state index contributed by atoms with van der Waals surface area (Å²) in [4.78, 5) is 26.2. The van der Waals surface area contributed by atoms with Gasteiger partial charge in [0.2, 0.25) is 0 Å². The Kier molecular flexibility index (Phi) is 6.06. The van der Waals surface area contributed by atoms with Crippen molar-refractivity contribution in [1.82, 2.24) is 15.5 Å². The van der Waals surface area contributed by atoms with Gasteiger partial charge in [-0.3, -0.25) is 4.79 Å². The molecule has 1 aliphatic heterocycles. The average molecular weight is 396 g/mol. The van der Waals surface area contributed by atoms with Gasteiger partial charge in [0.15, 0.2) is 5.76 Å². The number of benzene rings is 1. The van der Waals surface area contributed by atoms with Crippen LogP contribution in [0.15, 0.2) is 41.0 Å². The van der Waals surface area contributed by atoms with Gasteiger partial charge >= 0.3 is 6.03 Å². The van der Waals surface area contributed by atoms with Crippen molar-refractivity contribution >= 4 is 35.1 Å².